The van der Waals surface area contributed by atoms with E-state index in [0.717, 1.165) is 5.56 Å². The predicted molar refractivity (Wildman–Crippen MR) is 74.3 cm³/mol. The third-order valence-corrected chi connectivity index (χ3v) is 3.79. The molecule has 0 saturated heterocycles. The molecule has 6 nitrogen and oxygen atoms in total. The van der Waals surface area contributed by atoms with Crippen molar-refractivity contribution in [3.63, 3.8) is 0 Å². The van der Waals surface area contributed by atoms with Crippen LogP contribution < -0.4 is 5.32 Å². The second-order valence-corrected chi connectivity index (χ2v) is 5.24. The van der Waals surface area contributed by atoms with Gasteiger partial charge in [0.25, 0.3) is 0 Å². The maximum atomic E-state index is 11.8. The SMILES string of the molecule is Cc1ccc(NC(=O)CSc2nnnn2C)cc1Cl. The lowest BCUT2D eigenvalue weighted by Gasteiger charge is -2.06. The Hall–Kier alpha value is -1.60. The molecule has 0 bridgehead atoms. The molecule has 0 aliphatic carbocycles. The molecule has 100 valence electrons. The first-order chi connectivity index (χ1) is 9.06. The molecule has 19 heavy (non-hydrogen) atoms. The highest BCUT2D eigenvalue weighted by Gasteiger charge is 2.08. The number of tetrazole rings is 1. The Kier molecular flexibility index (Phi) is 4.39. The fraction of sp³-hybridized carbons (Fsp3) is 0.273. The molecule has 0 spiro atoms. The van der Waals surface area contributed by atoms with Gasteiger partial charge in [-0.1, -0.05) is 29.4 Å². The third kappa shape index (κ3) is 3.68. The number of halogens is 1. The van der Waals surface area contributed by atoms with Gasteiger partial charge in [0, 0.05) is 17.8 Å². The minimum Gasteiger partial charge on any atom is -0.325 e. The standard InChI is InChI=1S/C11H12ClN5OS/c1-7-3-4-8(5-9(7)12)13-10(18)6-19-11-14-15-16-17(11)2/h3-5H,6H2,1-2H3,(H,13,18). The number of nitrogens with zero attached hydrogens (tertiary/aromatic N) is 4. The lowest BCUT2D eigenvalue weighted by Crippen LogP contribution is -2.14. The molecule has 2 rings (SSSR count). The molecular weight excluding hydrogens is 286 g/mol. The van der Waals surface area contributed by atoms with Crippen LogP contribution in [0.2, 0.25) is 5.02 Å². The average Bonchev–Trinajstić information content (AvgIpc) is 2.77. The number of amides is 1. The molecule has 1 heterocycles. The van der Waals surface area contributed by atoms with Crippen LogP contribution in [0.3, 0.4) is 0 Å². The predicted octanol–water partition coefficient (Wildman–Crippen LogP) is 1.90. The molecule has 0 radical (unpaired) electrons. The van der Waals surface area contributed by atoms with E-state index in [1.165, 1.54) is 16.4 Å². The summed E-state index contributed by atoms with van der Waals surface area (Å²) < 4.78 is 1.51. The van der Waals surface area contributed by atoms with Crippen molar-refractivity contribution in [2.24, 2.45) is 7.05 Å². The van der Waals surface area contributed by atoms with E-state index in [-0.39, 0.29) is 11.7 Å². The number of carbonyl (C=O) groups excluding carboxylic acids is 1. The topological polar surface area (TPSA) is 72.7 Å². The fourth-order valence-corrected chi connectivity index (χ4v) is 2.17. The first kappa shape index (κ1) is 13.8. The van der Waals surface area contributed by atoms with E-state index < -0.39 is 0 Å². The van der Waals surface area contributed by atoms with Gasteiger partial charge in [-0.05, 0) is 35.0 Å². The molecule has 8 heteroatoms. The van der Waals surface area contributed by atoms with Crippen molar-refractivity contribution in [3.05, 3.63) is 28.8 Å². The Bertz CT molecular complexity index is 601. The van der Waals surface area contributed by atoms with Gasteiger partial charge in [-0.2, -0.15) is 0 Å². The van der Waals surface area contributed by atoms with Crippen molar-refractivity contribution in [2.45, 2.75) is 12.1 Å². The van der Waals surface area contributed by atoms with Gasteiger partial charge in [0.2, 0.25) is 11.1 Å². The van der Waals surface area contributed by atoms with Crippen molar-refractivity contribution in [1.82, 2.24) is 20.2 Å². The van der Waals surface area contributed by atoms with Gasteiger partial charge in [0.1, 0.15) is 0 Å². The summed E-state index contributed by atoms with van der Waals surface area (Å²) in [5.74, 6) is 0.104. The molecule has 0 fully saturated rings. The molecule has 0 aliphatic heterocycles. The van der Waals surface area contributed by atoms with Crippen LogP contribution in [-0.2, 0) is 11.8 Å². The molecule has 0 aliphatic rings. The van der Waals surface area contributed by atoms with Gasteiger partial charge >= 0.3 is 0 Å². The zero-order valence-electron chi connectivity index (χ0n) is 10.4. The minimum absolute atomic E-state index is 0.132. The van der Waals surface area contributed by atoms with Crippen molar-refractivity contribution < 1.29 is 4.79 Å². The number of aryl methyl sites for hydroxylation is 2. The molecule has 1 amide bonds. The van der Waals surface area contributed by atoms with E-state index in [1.807, 2.05) is 19.1 Å². The fourth-order valence-electron chi connectivity index (χ4n) is 1.34. The molecular formula is C11H12ClN5OS. The molecule has 2 aromatic rings. The highest BCUT2D eigenvalue weighted by atomic mass is 35.5. The van der Waals surface area contributed by atoms with E-state index in [4.69, 9.17) is 11.6 Å². The number of thioether (sulfide) groups is 1. The van der Waals surface area contributed by atoms with Crippen LogP contribution in [0.1, 0.15) is 5.56 Å². The Morgan fingerprint density at radius 1 is 1.53 bits per heavy atom. The first-order valence-electron chi connectivity index (χ1n) is 5.47. The first-order valence-corrected chi connectivity index (χ1v) is 6.84. The Morgan fingerprint density at radius 3 is 2.95 bits per heavy atom. The summed E-state index contributed by atoms with van der Waals surface area (Å²) in [7, 11) is 1.72. The molecule has 1 aromatic heterocycles. The Morgan fingerprint density at radius 2 is 2.32 bits per heavy atom. The smallest absolute Gasteiger partial charge is 0.234 e. The normalized spacial score (nSPS) is 10.5. The highest BCUT2D eigenvalue weighted by molar-refractivity contribution is 7.99. The largest absolute Gasteiger partial charge is 0.325 e. The van der Waals surface area contributed by atoms with Gasteiger partial charge in [0.15, 0.2) is 0 Å². The summed E-state index contributed by atoms with van der Waals surface area (Å²) in [4.78, 5) is 11.8. The summed E-state index contributed by atoms with van der Waals surface area (Å²) in [6, 6.07) is 5.40. The molecule has 0 saturated carbocycles. The molecule has 0 unspecified atom stereocenters. The van der Waals surface area contributed by atoms with Crippen molar-refractivity contribution in [1.29, 1.82) is 0 Å². The number of carbonyl (C=O) groups is 1. The Balaban J connectivity index is 1.91. The zero-order chi connectivity index (χ0) is 13.8. The maximum absolute atomic E-state index is 11.8. The van der Waals surface area contributed by atoms with Crippen molar-refractivity contribution in [2.75, 3.05) is 11.1 Å². The number of anilines is 1. The highest BCUT2D eigenvalue weighted by Crippen LogP contribution is 2.20. The van der Waals surface area contributed by atoms with Gasteiger partial charge < -0.3 is 5.32 Å². The number of rotatable bonds is 4. The minimum atomic E-state index is -0.132. The van der Waals surface area contributed by atoms with E-state index in [2.05, 4.69) is 20.8 Å². The summed E-state index contributed by atoms with van der Waals surface area (Å²) in [5.41, 5.74) is 1.65. The van der Waals surface area contributed by atoms with Crippen LogP contribution >= 0.6 is 23.4 Å². The number of hydrogen-bond acceptors (Lipinski definition) is 5. The zero-order valence-corrected chi connectivity index (χ0v) is 12.0. The summed E-state index contributed by atoms with van der Waals surface area (Å²) in [5, 5.41) is 15.0. The van der Waals surface area contributed by atoms with E-state index in [9.17, 15) is 4.79 Å². The summed E-state index contributed by atoms with van der Waals surface area (Å²) in [6.07, 6.45) is 0. The monoisotopic (exact) mass is 297 g/mol. The van der Waals surface area contributed by atoms with E-state index in [0.29, 0.717) is 15.9 Å². The third-order valence-electron chi connectivity index (χ3n) is 2.37. The average molecular weight is 298 g/mol. The van der Waals surface area contributed by atoms with E-state index in [1.54, 1.807) is 13.1 Å². The Labute approximate surface area is 119 Å². The maximum Gasteiger partial charge on any atom is 0.234 e. The number of hydrogen-bond donors (Lipinski definition) is 1. The molecule has 1 aromatic carbocycles. The quantitative estimate of drug-likeness (QED) is 0.873. The lowest BCUT2D eigenvalue weighted by atomic mass is 10.2. The summed E-state index contributed by atoms with van der Waals surface area (Å²) >= 11 is 7.26. The van der Waals surface area contributed by atoms with Crippen LogP contribution in [0.4, 0.5) is 5.69 Å². The van der Waals surface area contributed by atoms with Gasteiger partial charge in [-0.25, -0.2) is 4.68 Å². The van der Waals surface area contributed by atoms with Gasteiger partial charge in [-0.3, -0.25) is 4.79 Å². The second kappa shape index (κ2) is 6.03. The summed E-state index contributed by atoms with van der Waals surface area (Å²) in [6.45, 7) is 1.91. The second-order valence-electron chi connectivity index (χ2n) is 3.89. The molecule has 0 atom stereocenters. The lowest BCUT2D eigenvalue weighted by molar-refractivity contribution is -0.113. The van der Waals surface area contributed by atoms with Gasteiger partial charge in [-0.15, -0.1) is 5.10 Å². The van der Waals surface area contributed by atoms with Gasteiger partial charge in [0.05, 0.1) is 5.75 Å². The van der Waals surface area contributed by atoms with Crippen molar-refractivity contribution >= 4 is 35.0 Å². The van der Waals surface area contributed by atoms with Crippen molar-refractivity contribution in [3.8, 4) is 0 Å². The van der Waals surface area contributed by atoms with Crippen LogP contribution in [0.15, 0.2) is 23.4 Å². The number of aromatic nitrogens is 4. The van der Waals surface area contributed by atoms with E-state index >= 15 is 0 Å². The number of benzene rings is 1. The molecule has 1 N–H and O–H groups in total. The van der Waals surface area contributed by atoms with Crippen LogP contribution in [0, 0.1) is 6.92 Å². The van der Waals surface area contributed by atoms with Crippen LogP contribution in [-0.4, -0.2) is 31.9 Å². The van der Waals surface area contributed by atoms with Crippen LogP contribution in [0.5, 0.6) is 0 Å². The number of nitrogens with one attached hydrogen (secondary N) is 1. The van der Waals surface area contributed by atoms with Crippen LogP contribution in [0.25, 0.3) is 0 Å².